The van der Waals surface area contributed by atoms with Crippen LogP contribution in [0.1, 0.15) is 25.2 Å². The van der Waals surface area contributed by atoms with E-state index in [9.17, 15) is 13.2 Å². The zero-order chi connectivity index (χ0) is 11.7. The van der Waals surface area contributed by atoms with Crippen molar-refractivity contribution in [3.05, 3.63) is 17.5 Å². The highest BCUT2D eigenvalue weighted by Crippen LogP contribution is 2.29. The molecule has 0 saturated heterocycles. The highest BCUT2D eigenvalue weighted by Gasteiger charge is 2.34. The Morgan fingerprint density at radius 1 is 1.40 bits per heavy atom. The average molecular weight is 222 g/mol. The van der Waals surface area contributed by atoms with Crippen LogP contribution in [0.25, 0.3) is 0 Å². The van der Waals surface area contributed by atoms with Gasteiger partial charge in [0.25, 0.3) is 0 Å². The molecule has 1 rings (SSSR count). The zero-order valence-electron chi connectivity index (χ0n) is 8.52. The van der Waals surface area contributed by atoms with Gasteiger partial charge in [-0.2, -0.15) is 18.3 Å². The first kappa shape index (κ1) is 12.0. The molecule has 1 heterocycles. The molecule has 1 aromatic heterocycles. The highest BCUT2D eigenvalue weighted by molar-refractivity contribution is 5.12. The Hall–Kier alpha value is -1.04. The van der Waals surface area contributed by atoms with Gasteiger partial charge in [0.05, 0.1) is 0 Å². The molecule has 0 atom stereocenters. The van der Waals surface area contributed by atoms with E-state index in [2.05, 4.69) is 10.2 Å². The molecule has 6 heteroatoms. The summed E-state index contributed by atoms with van der Waals surface area (Å²) in [4.78, 5) is 0. The lowest BCUT2D eigenvalue weighted by molar-refractivity contribution is -0.141. The first-order valence-electron chi connectivity index (χ1n) is 4.47. The van der Waals surface area contributed by atoms with Crippen molar-refractivity contribution >= 4 is 0 Å². The van der Waals surface area contributed by atoms with Gasteiger partial charge < -0.3 is 5.11 Å². The zero-order valence-corrected chi connectivity index (χ0v) is 8.52. The van der Waals surface area contributed by atoms with Crippen LogP contribution >= 0.6 is 0 Å². The number of hydrogen-bond donors (Lipinski definition) is 2. The fourth-order valence-corrected chi connectivity index (χ4v) is 1.17. The van der Waals surface area contributed by atoms with Crippen LogP contribution in [-0.4, -0.2) is 21.9 Å². The normalized spacial score (nSPS) is 13.2. The smallest absolute Gasteiger partial charge is 0.396 e. The van der Waals surface area contributed by atoms with E-state index in [1.807, 2.05) is 0 Å². The van der Waals surface area contributed by atoms with Gasteiger partial charge in [-0.3, -0.25) is 5.10 Å². The maximum absolute atomic E-state index is 12.2. The number of aromatic amines is 1. The van der Waals surface area contributed by atoms with Crippen molar-refractivity contribution in [2.75, 3.05) is 6.61 Å². The molecule has 0 radical (unpaired) electrons. The van der Waals surface area contributed by atoms with Crippen LogP contribution in [-0.2, 0) is 12.6 Å². The monoisotopic (exact) mass is 222 g/mol. The standard InChI is InChI=1S/C9H13F3N2O/c1-8(2,5-15)4-6-3-7(14-13-6)9(10,11)12/h3,15H,4-5H2,1-2H3,(H,13,14). The largest absolute Gasteiger partial charge is 0.435 e. The Bertz CT molecular complexity index is 330. The second-order valence-electron chi connectivity index (χ2n) is 4.28. The van der Waals surface area contributed by atoms with Crippen LogP contribution in [0.3, 0.4) is 0 Å². The van der Waals surface area contributed by atoms with Crippen molar-refractivity contribution < 1.29 is 18.3 Å². The third-order valence-electron chi connectivity index (χ3n) is 2.02. The highest BCUT2D eigenvalue weighted by atomic mass is 19.4. The second kappa shape index (κ2) is 3.84. The van der Waals surface area contributed by atoms with Crippen molar-refractivity contribution in [3.63, 3.8) is 0 Å². The van der Waals surface area contributed by atoms with Gasteiger partial charge in [-0.25, -0.2) is 0 Å². The van der Waals surface area contributed by atoms with E-state index in [-0.39, 0.29) is 6.61 Å². The van der Waals surface area contributed by atoms with Crippen molar-refractivity contribution in [2.24, 2.45) is 5.41 Å². The molecular weight excluding hydrogens is 209 g/mol. The van der Waals surface area contributed by atoms with Gasteiger partial charge in [-0.05, 0) is 17.9 Å². The molecular formula is C9H13F3N2O. The lowest BCUT2D eigenvalue weighted by atomic mass is 9.89. The van der Waals surface area contributed by atoms with Crippen LogP contribution in [0.2, 0.25) is 0 Å². The van der Waals surface area contributed by atoms with Crippen LogP contribution in [0.15, 0.2) is 6.07 Å². The van der Waals surface area contributed by atoms with Gasteiger partial charge >= 0.3 is 6.18 Å². The number of aromatic nitrogens is 2. The molecule has 0 aliphatic rings. The number of aliphatic hydroxyl groups is 1. The molecule has 86 valence electrons. The summed E-state index contributed by atoms with van der Waals surface area (Å²) in [5, 5.41) is 14.5. The molecule has 0 aliphatic carbocycles. The van der Waals surface area contributed by atoms with Gasteiger partial charge in [0.1, 0.15) is 0 Å². The van der Waals surface area contributed by atoms with Crippen molar-refractivity contribution in [1.82, 2.24) is 10.2 Å². The summed E-state index contributed by atoms with van der Waals surface area (Å²) in [5.74, 6) is 0. The molecule has 0 aliphatic heterocycles. The summed E-state index contributed by atoms with van der Waals surface area (Å²) < 4.78 is 36.6. The Balaban J connectivity index is 2.78. The predicted octanol–water partition coefficient (Wildman–Crippen LogP) is 1.99. The number of nitrogens with one attached hydrogen (secondary N) is 1. The van der Waals surface area contributed by atoms with Crippen molar-refractivity contribution in [2.45, 2.75) is 26.4 Å². The molecule has 0 saturated carbocycles. The summed E-state index contributed by atoms with van der Waals surface area (Å²) in [7, 11) is 0. The predicted molar refractivity (Wildman–Crippen MR) is 48.2 cm³/mol. The van der Waals surface area contributed by atoms with Crippen LogP contribution in [0.4, 0.5) is 13.2 Å². The Kier molecular flexibility index (Phi) is 3.08. The van der Waals surface area contributed by atoms with Gasteiger partial charge in [0.15, 0.2) is 5.69 Å². The van der Waals surface area contributed by atoms with Crippen molar-refractivity contribution in [1.29, 1.82) is 0 Å². The molecule has 0 amide bonds. The van der Waals surface area contributed by atoms with E-state index in [1.165, 1.54) is 0 Å². The molecule has 15 heavy (non-hydrogen) atoms. The Morgan fingerprint density at radius 3 is 2.40 bits per heavy atom. The van der Waals surface area contributed by atoms with Crippen LogP contribution < -0.4 is 0 Å². The Morgan fingerprint density at radius 2 is 2.00 bits per heavy atom. The lowest BCUT2D eigenvalue weighted by Crippen LogP contribution is -2.19. The van der Waals surface area contributed by atoms with E-state index < -0.39 is 17.3 Å². The van der Waals surface area contributed by atoms with E-state index in [4.69, 9.17) is 5.11 Å². The topological polar surface area (TPSA) is 48.9 Å². The molecule has 2 N–H and O–H groups in total. The van der Waals surface area contributed by atoms with E-state index in [1.54, 1.807) is 13.8 Å². The summed E-state index contributed by atoms with van der Waals surface area (Å²) in [6.07, 6.45) is -4.09. The second-order valence-corrected chi connectivity index (χ2v) is 4.28. The Labute approximate surface area is 85.3 Å². The number of nitrogens with zero attached hydrogens (tertiary/aromatic N) is 1. The summed E-state index contributed by atoms with van der Waals surface area (Å²) >= 11 is 0. The minimum atomic E-state index is -4.42. The van der Waals surface area contributed by atoms with E-state index >= 15 is 0 Å². The summed E-state index contributed by atoms with van der Waals surface area (Å²) in [5.41, 5.74) is -0.998. The molecule has 0 unspecified atom stereocenters. The first-order valence-corrected chi connectivity index (χ1v) is 4.47. The maximum Gasteiger partial charge on any atom is 0.435 e. The lowest BCUT2D eigenvalue weighted by Gasteiger charge is -2.19. The SMILES string of the molecule is CC(C)(CO)Cc1cc(C(F)(F)F)n[nH]1. The van der Waals surface area contributed by atoms with Crippen LogP contribution in [0.5, 0.6) is 0 Å². The van der Waals surface area contributed by atoms with Gasteiger partial charge in [0.2, 0.25) is 0 Å². The van der Waals surface area contributed by atoms with E-state index in [0.29, 0.717) is 12.1 Å². The summed E-state index contributed by atoms with van der Waals surface area (Å²) in [6.45, 7) is 3.44. The van der Waals surface area contributed by atoms with Crippen molar-refractivity contribution in [3.8, 4) is 0 Å². The average Bonchev–Trinajstić information content (AvgIpc) is 2.51. The molecule has 0 aromatic carbocycles. The molecule has 1 aromatic rings. The summed E-state index contributed by atoms with van der Waals surface area (Å²) in [6, 6.07) is 0.970. The van der Waals surface area contributed by atoms with E-state index in [0.717, 1.165) is 6.07 Å². The fourth-order valence-electron chi connectivity index (χ4n) is 1.17. The number of rotatable bonds is 3. The molecule has 0 fully saturated rings. The molecule has 3 nitrogen and oxygen atoms in total. The maximum atomic E-state index is 12.2. The minimum Gasteiger partial charge on any atom is -0.396 e. The number of aliphatic hydroxyl groups excluding tert-OH is 1. The van der Waals surface area contributed by atoms with Gasteiger partial charge in [0, 0.05) is 12.3 Å². The van der Waals surface area contributed by atoms with Gasteiger partial charge in [-0.1, -0.05) is 13.8 Å². The third kappa shape index (κ3) is 3.23. The van der Waals surface area contributed by atoms with Gasteiger partial charge in [-0.15, -0.1) is 0 Å². The third-order valence-corrected chi connectivity index (χ3v) is 2.02. The van der Waals surface area contributed by atoms with Crippen LogP contribution in [0, 0.1) is 5.41 Å². The molecule has 0 spiro atoms. The number of halogens is 3. The quantitative estimate of drug-likeness (QED) is 0.821. The minimum absolute atomic E-state index is 0.0899. The number of hydrogen-bond acceptors (Lipinski definition) is 2. The molecule has 0 bridgehead atoms. The number of H-pyrrole nitrogens is 1. The number of alkyl halides is 3. The first-order chi connectivity index (χ1) is 6.74. The fraction of sp³-hybridized carbons (Fsp3) is 0.667.